The Morgan fingerprint density at radius 2 is 2.38 bits per heavy atom. The highest BCUT2D eigenvalue weighted by atomic mass is 32.2. The first-order valence-corrected chi connectivity index (χ1v) is 5.62. The number of aliphatic hydroxyl groups excluding tert-OH is 1. The monoisotopic (exact) mass is 198 g/mol. The summed E-state index contributed by atoms with van der Waals surface area (Å²) in [5.41, 5.74) is 0.939. The van der Waals surface area contributed by atoms with Crippen LogP contribution in [0.15, 0.2) is 12.4 Å². The lowest BCUT2D eigenvalue weighted by molar-refractivity contribution is 0.167. The molecule has 1 heterocycles. The molecule has 1 aliphatic carbocycles. The van der Waals surface area contributed by atoms with Crippen molar-refractivity contribution in [1.82, 2.24) is 9.78 Å². The molecule has 0 bridgehead atoms. The molecule has 0 amide bonds. The standard InChI is InChI=1S/C9H14N2OS/c1-11-6-7(5-10-11)8(12)9(13-2)3-4-9/h5-6,8,12H,3-4H2,1-2H3. The van der Waals surface area contributed by atoms with E-state index in [4.69, 9.17) is 0 Å². The van der Waals surface area contributed by atoms with Crippen molar-refractivity contribution in [2.24, 2.45) is 7.05 Å². The van der Waals surface area contributed by atoms with Gasteiger partial charge in [-0.05, 0) is 19.1 Å². The number of hydrogen-bond acceptors (Lipinski definition) is 3. The van der Waals surface area contributed by atoms with Crippen molar-refractivity contribution in [3.63, 3.8) is 0 Å². The Morgan fingerprint density at radius 3 is 2.77 bits per heavy atom. The lowest BCUT2D eigenvalue weighted by Crippen LogP contribution is -2.15. The first-order valence-electron chi connectivity index (χ1n) is 4.40. The van der Waals surface area contributed by atoms with Gasteiger partial charge in [0.05, 0.1) is 12.3 Å². The summed E-state index contributed by atoms with van der Waals surface area (Å²) in [6, 6.07) is 0. The van der Waals surface area contributed by atoms with Gasteiger partial charge in [0, 0.05) is 23.6 Å². The van der Waals surface area contributed by atoms with E-state index in [0.29, 0.717) is 0 Å². The van der Waals surface area contributed by atoms with Crippen LogP contribution in [0.4, 0.5) is 0 Å². The van der Waals surface area contributed by atoms with Crippen LogP contribution in [0.5, 0.6) is 0 Å². The van der Waals surface area contributed by atoms with Gasteiger partial charge in [-0.2, -0.15) is 16.9 Å². The van der Waals surface area contributed by atoms with E-state index in [0.717, 1.165) is 18.4 Å². The Labute approximate surface area is 82.1 Å². The van der Waals surface area contributed by atoms with Gasteiger partial charge in [-0.15, -0.1) is 0 Å². The molecule has 4 heteroatoms. The first-order chi connectivity index (χ1) is 6.18. The molecule has 1 N–H and O–H groups in total. The Kier molecular flexibility index (Phi) is 2.12. The first kappa shape index (κ1) is 9.09. The third-order valence-corrected chi connectivity index (χ3v) is 4.13. The van der Waals surface area contributed by atoms with Crippen molar-refractivity contribution in [2.45, 2.75) is 23.7 Å². The van der Waals surface area contributed by atoms with E-state index in [9.17, 15) is 5.11 Å². The minimum Gasteiger partial charge on any atom is -0.387 e. The van der Waals surface area contributed by atoms with Gasteiger partial charge in [-0.1, -0.05) is 0 Å². The van der Waals surface area contributed by atoms with E-state index < -0.39 is 0 Å². The molecule has 1 unspecified atom stereocenters. The molecule has 0 radical (unpaired) electrons. The summed E-state index contributed by atoms with van der Waals surface area (Å²) in [6.45, 7) is 0. The van der Waals surface area contributed by atoms with Gasteiger partial charge < -0.3 is 5.11 Å². The van der Waals surface area contributed by atoms with Crippen LogP contribution >= 0.6 is 11.8 Å². The summed E-state index contributed by atoms with van der Waals surface area (Å²) < 4.78 is 1.82. The minimum atomic E-state index is -0.351. The van der Waals surface area contributed by atoms with E-state index in [1.807, 2.05) is 13.2 Å². The Morgan fingerprint density at radius 1 is 1.69 bits per heavy atom. The maximum Gasteiger partial charge on any atom is 0.0966 e. The molecule has 72 valence electrons. The molecule has 1 aliphatic rings. The smallest absolute Gasteiger partial charge is 0.0966 e. The zero-order chi connectivity index (χ0) is 9.47. The van der Waals surface area contributed by atoms with Crippen LogP contribution in [0.1, 0.15) is 24.5 Å². The number of rotatable bonds is 3. The Hall–Kier alpha value is -0.480. The van der Waals surface area contributed by atoms with Crippen molar-refractivity contribution in [1.29, 1.82) is 0 Å². The highest BCUT2D eigenvalue weighted by Crippen LogP contribution is 2.55. The van der Waals surface area contributed by atoms with Crippen LogP contribution in [0.25, 0.3) is 0 Å². The van der Waals surface area contributed by atoms with Crippen LogP contribution in [0.2, 0.25) is 0 Å². The molecule has 1 aromatic rings. The summed E-state index contributed by atoms with van der Waals surface area (Å²) in [4.78, 5) is 0. The van der Waals surface area contributed by atoms with Gasteiger partial charge >= 0.3 is 0 Å². The minimum absolute atomic E-state index is 0.0863. The molecule has 0 aliphatic heterocycles. The van der Waals surface area contributed by atoms with Crippen LogP contribution in [0, 0.1) is 0 Å². The van der Waals surface area contributed by atoms with E-state index >= 15 is 0 Å². The lowest BCUT2D eigenvalue weighted by Gasteiger charge is -2.18. The van der Waals surface area contributed by atoms with Crippen LogP contribution in [0.3, 0.4) is 0 Å². The maximum atomic E-state index is 10.0. The quantitative estimate of drug-likeness (QED) is 0.796. The van der Waals surface area contributed by atoms with E-state index in [1.165, 1.54) is 0 Å². The maximum absolute atomic E-state index is 10.0. The lowest BCUT2D eigenvalue weighted by atomic mass is 10.1. The molecule has 1 atom stereocenters. The fourth-order valence-electron chi connectivity index (χ4n) is 1.60. The summed E-state index contributed by atoms with van der Waals surface area (Å²) in [6.07, 6.45) is 7.58. The van der Waals surface area contributed by atoms with Crippen LogP contribution < -0.4 is 0 Å². The number of nitrogens with zero attached hydrogens (tertiary/aromatic N) is 2. The molecule has 0 spiro atoms. The number of aryl methyl sites for hydroxylation is 1. The molecular formula is C9H14N2OS. The SMILES string of the molecule is CSC1(C(O)c2cnn(C)c2)CC1. The van der Waals surface area contributed by atoms with Crippen molar-refractivity contribution < 1.29 is 5.11 Å². The largest absolute Gasteiger partial charge is 0.387 e. The van der Waals surface area contributed by atoms with Crippen LogP contribution in [-0.4, -0.2) is 25.9 Å². The second-order valence-electron chi connectivity index (χ2n) is 3.62. The Bertz CT molecular complexity index is 306. The molecular weight excluding hydrogens is 184 g/mol. The average Bonchev–Trinajstić information content (AvgIpc) is 2.82. The second kappa shape index (κ2) is 3.03. The summed E-state index contributed by atoms with van der Waals surface area (Å²) in [5, 5.41) is 14.1. The topological polar surface area (TPSA) is 38.1 Å². The summed E-state index contributed by atoms with van der Waals surface area (Å²) in [5.74, 6) is 0. The van der Waals surface area contributed by atoms with Gasteiger partial charge in [-0.25, -0.2) is 0 Å². The number of aliphatic hydroxyl groups is 1. The predicted octanol–water partition coefficient (Wildman–Crippen LogP) is 1.35. The van der Waals surface area contributed by atoms with E-state index in [-0.39, 0.29) is 10.9 Å². The predicted molar refractivity (Wildman–Crippen MR) is 53.6 cm³/mol. The normalized spacial score (nSPS) is 21.5. The van der Waals surface area contributed by atoms with E-state index in [1.54, 1.807) is 22.6 Å². The van der Waals surface area contributed by atoms with Crippen molar-refractivity contribution in [2.75, 3.05) is 6.26 Å². The fraction of sp³-hybridized carbons (Fsp3) is 0.667. The molecule has 3 nitrogen and oxygen atoms in total. The average molecular weight is 198 g/mol. The highest BCUT2D eigenvalue weighted by molar-refractivity contribution is 8.00. The molecule has 0 saturated heterocycles. The second-order valence-corrected chi connectivity index (χ2v) is 4.84. The van der Waals surface area contributed by atoms with Gasteiger partial charge in [-0.3, -0.25) is 4.68 Å². The zero-order valence-electron chi connectivity index (χ0n) is 7.90. The van der Waals surface area contributed by atoms with Gasteiger partial charge in [0.15, 0.2) is 0 Å². The summed E-state index contributed by atoms with van der Waals surface area (Å²) in [7, 11) is 1.87. The molecule has 13 heavy (non-hydrogen) atoms. The molecule has 1 saturated carbocycles. The Balaban J connectivity index is 2.17. The third-order valence-electron chi connectivity index (χ3n) is 2.69. The molecule has 0 aromatic carbocycles. The highest BCUT2D eigenvalue weighted by Gasteiger charge is 2.49. The number of aromatic nitrogens is 2. The van der Waals surface area contributed by atoms with E-state index in [2.05, 4.69) is 11.4 Å². The number of hydrogen-bond donors (Lipinski definition) is 1. The fourth-order valence-corrected chi connectivity index (χ4v) is 2.47. The molecule has 1 fully saturated rings. The third kappa shape index (κ3) is 1.48. The summed E-state index contributed by atoms with van der Waals surface area (Å²) >= 11 is 1.76. The number of thioether (sulfide) groups is 1. The molecule has 1 aromatic heterocycles. The van der Waals surface area contributed by atoms with Crippen LogP contribution in [-0.2, 0) is 7.05 Å². The van der Waals surface area contributed by atoms with Gasteiger partial charge in [0.1, 0.15) is 0 Å². The zero-order valence-corrected chi connectivity index (χ0v) is 8.71. The molecule has 2 rings (SSSR count). The van der Waals surface area contributed by atoms with Gasteiger partial charge in [0.25, 0.3) is 0 Å². The van der Waals surface area contributed by atoms with Gasteiger partial charge in [0.2, 0.25) is 0 Å². The van der Waals surface area contributed by atoms with Crippen molar-refractivity contribution in [3.8, 4) is 0 Å². The van der Waals surface area contributed by atoms with Crippen molar-refractivity contribution in [3.05, 3.63) is 18.0 Å². The van der Waals surface area contributed by atoms with Crippen molar-refractivity contribution >= 4 is 11.8 Å².